The third-order valence-electron chi connectivity index (χ3n) is 3.71. The Morgan fingerprint density at radius 2 is 1.79 bits per heavy atom. The first-order valence-electron chi connectivity index (χ1n) is 7.57. The average molecular weight is 380 g/mol. The van der Waals surface area contributed by atoms with Gasteiger partial charge < -0.3 is 4.74 Å². The van der Waals surface area contributed by atoms with Gasteiger partial charge in [-0.1, -0.05) is 42.5 Å². The number of benzene rings is 2. The molecule has 0 atom stereocenters. The van der Waals surface area contributed by atoms with E-state index in [0.717, 1.165) is 32.8 Å². The largest absolute Gasteiger partial charge is 0.489 e. The van der Waals surface area contributed by atoms with Gasteiger partial charge in [-0.15, -0.1) is 10.2 Å². The standard InChI is InChI=1S/C19H14BrN3O/c20-16-9-10-18-21-22-19(23(18)12-16)15-7-4-8-17(11-15)24-13-14-5-2-1-3-6-14/h1-12H,13H2. The summed E-state index contributed by atoms with van der Waals surface area (Å²) in [4.78, 5) is 0. The third kappa shape index (κ3) is 3.03. The second kappa shape index (κ2) is 6.45. The summed E-state index contributed by atoms with van der Waals surface area (Å²) in [6, 6.07) is 21.9. The summed E-state index contributed by atoms with van der Waals surface area (Å²) in [5.74, 6) is 1.60. The predicted molar refractivity (Wildman–Crippen MR) is 96.9 cm³/mol. The molecule has 0 amide bonds. The van der Waals surface area contributed by atoms with Crippen molar-refractivity contribution in [3.63, 3.8) is 0 Å². The van der Waals surface area contributed by atoms with Crippen LogP contribution in [0.5, 0.6) is 5.75 Å². The molecule has 0 aliphatic heterocycles. The zero-order valence-electron chi connectivity index (χ0n) is 12.8. The normalized spacial score (nSPS) is 10.9. The Balaban J connectivity index is 1.63. The van der Waals surface area contributed by atoms with Crippen molar-refractivity contribution in [3.8, 4) is 17.1 Å². The first-order valence-corrected chi connectivity index (χ1v) is 8.36. The van der Waals surface area contributed by atoms with E-state index >= 15 is 0 Å². The lowest BCUT2D eigenvalue weighted by Crippen LogP contribution is -1.95. The summed E-state index contributed by atoms with van der Waals surface area (Å²) in [7, 11) is 0. The summed E-state index contributed by atoms with van der Waals surface area (Å²) in [6.07, 6.45) is 1.96. The van der Waals surface area contributed by atoms with Crippen molar-refractivity contribution >= 4 is 21.6 Å². The Morgan fingerprint density at radius 1 is 0.917 bits per heavy atom. The van der Waals surface area contributed by atoms with Gasteiger partial charge in [-0.2, -0.15) is 0 Å². The fourth-order valence-corrected chi connectivity index (χ4v) is 2.86. The molecule has 0 radical (unpaired) electrons. The molecule has 5 heteroatoms. The Kier molecular flexibility index (Phi) is 4.01. The fraction of sp³-hybridized carbons (Fsp3) is 0.0526. The summed E-state index contributed by atoms with van der Waals surface area (Å²) in [6.45, 7) is 0.538. The number of fused-ring (bicyclic) bond motifs is 1. The summed E-state index contributed by atoms with van der Waals surface area (Å²) in [5, 5.41) is 8.51. The van der Waals surface area contributed by atoms with Crippen LogP contribution in [0.3, 0.4) is 0 Å². The Morgan fingerprint density at radius 3 is 2.67 bits per heavy atom. The van der Waals surface area contributed by atoms with E-state index in [1.54, 1.807) is 0 Å². The van der Waals surface area contributed by atoms with Crippen LogP contribution in [0.1, 0.15) is 5.56 Å². The first-order chi connectivity index (χ1) is 11.8. The molecule has 0 spiro atoms. The van der Waals surface area contributed by atoms with Crippen molar-refractivity contribution in [1.82, 2.24) is 14.6 Å². The number of hydrogen-bond donors (Lipinski definition) is 0. The molecule has 4 rings (SSSR count). The van der Waals surface area contributed by atoms with Crippen LogP contribution in [-0.4, -0.2) is 14.6 Å². The van der Waals surface area contributed by atoms with Crippen molar-refractivity contribution in [3.05, 3.63) is 83.0 Å². The molecule has 0 N–H and O–H groups in total. The molecule has 2 aromatic carbocycles. The van der Waals surface area contributed by atoms with Crippen LogP contribution in [0.15, 0.2) is 77.4 Å². The SMILES string of the molecule is Brc1ccc2nnc(-c3cccc(OCc4ccccc4)c3)n2c1. The molecule has 4 aromatic rings. The molecule has 2 heterocycles. The van der Waals surface area contributed by atoms with Gasteiger partial charge in [0.15, 0.2) is 11.5 Å². The minimum Gasteiger partial charge on any atom is -0.489 e. The van der Waals surface area contributed by atoms with Gasteiger partial charge in [0.1, 0.15) is 12.4 Å². The highest BCUT2D eigenvalue weighted by Crippen LogP contribution is 2.24. The van der Waals surface area contributed by atoms with Gasteiger partial charge in [-0.3, -0.25) is 4.40 Å². The lowest BCUT2D eigenvalue weighted by atomic mass is 10.2. The monoisotopic (exact) mass is 379 g/mol. The van der Waals surface area contributed by atoms with E-state index in [-0.39, 0.29) is 0 Å². The van der Waals surface area contributed by atoms with Gasteiger partial charge in [-0.25, -0.2) is 0 Å². The molecule has 0 bridgehead atoms. The summed E-state index contributed by atoms with van der Waals surface area (Å²) < 4.78 is 8.84. The van der Waals surface area contributed by atoms with E-state index in [0.29, 0.717) is 6.61 Å². The maximum Gasteiger partial charge on any atom is 0.168 e. The van der Waals surface area contributed by atoms with Crippen LogP contribution in [-0.2, 0) is 6.61 Å². The third-order valence-corrected chi connectivity index (χ3v) is 4.18. The molecule has 2 aromatic heterocycles. The van der Waals surface area contributed by atoms with Crippen LogP contribution in [0.4, 0.5) is 0 Å². The number of pyridine rings is 1. The number of nitrogens with zero attached hydrogens (tertiary/aromatic N) is 3. The van der Waals surface area contributed by atoms with Gasteiger partial charge in [0.25, 0.3) is 0 Å². The second-order valence-corrected chi connectivity index (χ2v) is 6.32. The fourth-order valence-electron chi connectivity index (χ4n) is 2.53. The molecule has 0 aliphatic rings. The van der Waals surface area contributed by atoms with Crippen LogP contribution in [0.2, 0.25) is 0 Å². The highest BCUT2D eigenvalue weighted by Gasteiger charge is 2.09. The molecule has 24 heavy (non-hydrogen) atoms. The van der Waals surface area contributed by atoms with E-state index in [4.69, 9.17) is 4.74 Å². The van der Waals surface area contributed by atoms with Crippen molar-refractivity contribution in [2.75, 3.05) is 0 Å². The molecular weight excluding hydrogens is 366 g/mol. The quantitative estimate of drug-likeness (QED) is 0.514. The minimum absolute atomic E-state index is 0.538. The van der Waals surface area contributed by atoms with E-state index in [1.165, 1.54) is 0 Å². The molecular formula is C19H14BrN3O. The number of halogens is 1. The Bertz CT molecular complexity index is 982. The average Bonchev–Trinajstić information content (AvgIpc) is 3.04. The molecule has 0 unspecified atom stereocenters. The Labute approximate surface area is 147 Å². The van der Waals surface area contributed by atoms with Crippen LogP contribution >= 0.6 is 15.9 Å². The molecule has 4 nitrogen and oxygen atoms in total. The summed E-state index contributed by atoms with van der Waals surface area (Å²) >= 11 is 3.49. The first kappa shape index (κ1) is 14.9. The number of hydrogen-bond acceptors (Lipinski definition) is 3. The molecule has 118 valence electrons. The van der Waals surface area contributed by atoms with Crippen molar-refractivity contribution in [2.24, 2.45) is 0 Å². The molecule has 0 saturated carbocycles. The molecule has 0 fully saturated rings. The number of rotatable bonds is 4. The van der Waals surface area contributed by atoms with Gasteiger partial charge in [0.2, 0.25) is 0 Å². The maximum absolute atomic E-state index is 5.90. The smallest absolute Gasteiger partial charge is 0.168 e. The molecule has 0 aliphatic carbocycles. The van der Waals surface area contributed by atoms with Crippen molar-refractivity contribution in [2.45, 2.75) is 6.61 Å². The highest BCUT2D eigenvalue weighted by molar-refractivity contribution is 9.10. The van der Waals surface area contributed by atoms with Crippen LogP contribution < -0.4 is 4.74 Å². The molecule has 0 saturated heterocycles. The highest BCUT2D eigenvalue weighted by atomic mass is 79.9. The van der Waals surface area contributed by atoms with Crippen LogP contribution in [0, 0.1) is 0 Å². The van der Waals surface area contributed by atoms with E-state index < -0.39 is 0 Å². The van der Waals surface area contributed by atoms with Gasteiger partial charge >= 0.3 is 0 Å². The van der Waals surface area contributed by atoms with E-state index in [2.05, 4.69) is 26.1 Å². The van der Waals surface area contributed by atoms with Gasteiger partial charge in [-0.05, 0) is 45.8 Å². The number of ether oxygens (including phenoxy) is 1. The second-order valence-electron chi connectivity index (χ2n) is 5.40. The van der Waals surface area contributed by atoms with E-state index in [1.807, 2.05) is 77.3 Å². The summed E-state index contributed by atoms with van der Waals surface area (Å²) in [5.41, 5.74) is 2.91. The van der Waals surface area contributed by atoms with Crippen molar-refractivity contribution < 1.29 is 4.74 Å². The predicted octanol–water partition coefficient (Wildman–Crippen LogP) is 4.74. The zero-order valence-corrected chi connectivity index (χ0v) is 14.3. The van der Waals surface area contributed by atoms with E-state index in [9.17, 15) is 0 Å². The maximum atomic E-state index is 5.90. The van der Waals surface area contributed by atoms with Crippen molar-refractivity contribution in [1.29, 1.82) is 0 Å². The van der Waals surface area contributed by atoms with Gasteiger partial charge in [0, 0.05) is 16.2 Å². The topological polar surface area (TPSA) is 39.4 Å². The zero-order chi connectivity index (χ0) is 16.4. The van der Waals surface area contributed by atoms with Crippen LogP contribution in [0.25, 0.3) is 17.0 Å². The minimum atomic E-state index is 0.538. The number of aromatic nitrogens is 3. The van der Waals surface area contributed by atoms with Gasteiger partial charge in [0.05, 0.1) is 0 Å². The lowest BCUT2D eigenvalue weighted by molar-refractivity contribution is 0.306. The lowest BCUT2D eigenvalue weighted by Gasteiger charge is -2.08. The Hall–Kier alpha value is -2.66.